The quantitative estimate of drug-likeness (QED) is 0.793. The Morgan fingerprint density at radius 2 is 2.04 bits per heavy atom. The summed E-state index contributed by atoms with van der Waals surface area (Å²) in [6.45, 7) is 7.71. The van der Waals surface area contributed by atoms with E-state index in [0.717, 1.165) is 13.1 Å². The number of amides is 2. The first-order valence-corrected chi connectivity index (χ1v) is 9.47. The Morgan fingerprint density at radius 1 is 1.32 bits per heavy atom. The molecule has 28 heavy (non-hydrogen) atoms. The van der Waals surface area contributed by atoms with Crippen molar-refractivity contribution in [2.75, 3.05) is 32.8 Å². The van der Waals surface area contributed by atoms with E-state index >= 15 is 0 Å². The van der Waals surface area contributed by atoms with Crippen molar-refractivity contribution in [3.05, 3.63) is 53.9 Å². The van der Waals surface area contributed by atoms with Crippen LogP contribution in [0.15, 0.2) is 36.7 Å². The van der Waals surface area contributed by atoms with Crippen LogP contribution in [0.5, 0.6) is 0 Å². The third-order valence-electron chi connectivity index (χ3n) is 5.16. The van der Waals surface area contributed by atoms with E-state index in [-0.39, 0.29) is 17.4 Å². The number of nitrogens with zero attached hydrogens (tertiary/aromatic N) is 3. The molecule has 0 bridgehead atoms. The number of hydrogen-bond acceptors (Lipinski definition) is 4. The van der Waals surface area contributed by atoms with Gasteiger partial charge in [0.2, 0.25) is 0 Å². The molecule has 0 radical (unpaired) electrons. The molecule has 0 spiro atoms. The van der Waals surface area contributed by atoms with Crippen molar-refractivity contribution in [1.82, 2.24) is 25.1 Å². The number of morpholine rings is 1. The molecular weight excluding hydrogens is 361 g/mol. The lowest BCUT2D eigenvalue weighted by Crippen LogP contribution is -2.56. The van der Waals surface area contributed by atoms with Gasteiger partial charge in [-0.05, 0) is 19.9 Å². The molecule has 2 heterocycles. The fourth-order valence-electron chi connectivity index (χ4n) is 3.41. The van der Waals surface area contributed by atoms with Crippen LogP contribution >= 0.6 is 0 Å². The summed E-state index contributed by atoms with van der Waals surface area (Å²) in [5.74, 6) is 0.178. The molecule has 2 N–H and O–H groups in total. The molecule has 0 aliphatic carbocycles. The van der Waals surface area contributed by atoms with Crippen molar-refractivity contribution in [2.45, 2.75) is 25.4 Å². The Kier molecular flexibility index (Phi) is 6.31. The van der Waals surface area contributed by atoms with Crippen LogP contribution in [0.4, 0.5) is 9.18 Å². The van der Waals surface area contributed by atoms with E-state index in [4.69, 9.17) is 4.74 Å². The van der Waals surface area contributed by atoms with Crippen LogP contribution in [0.3, 0.4) is 0 Å². The van der Waals surface area contributed by atoms with Crippen LogP contribution in [0.1, 0.15) is 31.3 Å². The molecule has 1 fully saturated rings. The van der Waals surface area contributed by atoms with Gasteiger partial charge in [0.15, 0.2) is 0 Å². The lowest BCUT2D eigenvalue weighted by molar-refractivity contribution is -0.00876. The van der Waals surface area contributed by atoms with Gasteiger partial charge in [-0.2, -0.15) is 0 Å². The van der Waals surface area contributed by atoms with Crippen LogP contribution in [0.2, 0.25) is 0 Å². The number of imidazole rings is 1. The second-order valence-corrected chi connectivity index (χ2v) is 7.59. The van der Waals surface area contributed by atoms with Gasteiger partial charge in [0.25, 0.3) is 0 Å². The maximum atomic E-state index is 14.4. The highest BCUT2D eigenvalue weighted by molar-refractivity contribution is 5.75. The number of carbonyl (C=O) groups excluding carboxylic acids is 1. The monoisotopic (exact) mass is 389 g/mol. The number of nitrogens with one attached hydrogen (secondary N) is 2. The second-order valence-electron chi connectivity index (χ2n) is 7.59. The summed E-state index contributed by atoms with van der Waals surface area (Å²) in [4.78, 5) is 19.2. The average Bonchev–Trinajstić information content (AvgIpc) is 3.12. The number of hydrogen-bond donors (Lipinski definition) is 2. The van der Waals surface area contributed by atoms with Gasteiger partial charge in [-0.25, -0.2) is 14.2 Å². The van der Waals surface area contributed by atoms with Crippen LogP contribution < -0.4 is 10.6 Å². The fraction of sp³-hybridized carbons (Fsp3) is 0.500. The summed E-state index contributed by atoms with van der Waals surface area (Å²) in [5, 5.41) is 5.81. The van der Waals surface area contributed by atoms with Crippen molar-refractivity contribution in [3.63, 3.8) is 0 Å². The molecule has 1 aromatic carbocycles. The molecular formula is C20H28FN5O2. The van der Waals surface area contributed by atoms with Crippen molar-refractivity contribution in [1.29, 1.82) is 0 Å². The van der Waals surface area contributed by atoms with E-state index in [9.17, 15) is 9.18 Å². The van der Waals surface area contributed by atoms with Gasteiger partial charge in [-0.15, -0.1) is 0 Å². The molecule has 2 amide bonds. The zero-order valence-corrected chi connectivity index (χ0v) is 16.6. The molecule has 2 aromatic rings. The molecule has 7 nitrogen and oxygen atoms in total. The van der Waals surface area contributed by atoms with Crippen molar-refractivity contribution in [3.8, 4) is 0 Å². The minimum Gasteiger partial charge on any atom is -0.379 e. The van der Waals surface area contributed by atoms with Gasteiger partial charge in [-0.1, -0.05) is 18.2 Å². The predicted molar refractivity (Wildman–Crippen MR) is 104 cm³/mol. The summed E-state index contributed by atoms with van der Waals surface area (Å²) in [5.41, 5.74) is 0.164. The largest absolute Gasteiger partial charge is 0.379 e. The van der Waals surface area contributed by atoms with E-state index in [1.54, 1.807) is 35.2 Å². The third-order valence-corrected chi connectivity index (χ3v) is 5.16. The van der Waals surface area contributed by atoms with E-state index < -0.39 is 6.04 Å². The lowest BCUT2D eigenvalue weighted by Gasteiger charge is -2.40. The summed E-state index contributed by atoms with van der Waals surface area (Å²) >= 11 is 0. The molecule has 1 saturated heterocycles. The molecule has 0 saturated carbocycles. The normalized spacial score (nSPS) is 16.6. The number of carbonyl (C=O) groups is 1. The number of halogens is 1. The maximum Gasteiger partial charge on any atom is 0.315 e. The van der Waals surface area contributed by atoms with Gasteiger partial charge in [-0.3, -0.25) is 4.90 Å². The standard InChI is InChI=1S/C20H28FN5O2/c1-20(2,26-10-12-28-13-11-26)14-23-19(27)24-17(18-22-8-9-25(18)3)15-6-4-5-7-16(15)21/h4-9,17H,10-14H2,1-3H3,(H2,23,24,27)/t17-/m0/s1. The number of urea groups is 1. The average molecular weight is 389 g/mol. The summed E-state index contributed by atoms with van der Waals surface area (Å²) in [7, 11) is 1.82. The Labute approximate surface area is 164 Å². The van der Waals surface area contributed by atoms with Crippen molar-refractivity contribution < 1.29 is 13.9 Å². The first kappa shape index (κ1) is 20.3. The van der Waals surface area contributed by atoms with E-state index in [0.29, 0.717) is 31.1 Å². The van der Waals surface area contributed by atoms with E-state index in [2.05, 4.69) is 34.4 Å². The molecule has 1 aromatic heterocycles. The van der Waals surface area contributed by atoms with Crippen LogP contribution in [0.25, 0.3) is 0 Å². The first-order valence-electron chi connectivity index (χ1n) is 9.47. The smallest absolute Gasteiger partial charge is 0.315 e. The molecule has 1 aliphatic heterocycles. The Morgan fingerprint density at radius 3 is 2.68 bits per heavy atom. The molecule has 1 aliphatic rings. The minimum atomic E-state index is -0.687. The number of aromatic nitrogens is 2. The predicted octanol–water partition coefficient (Wildman–Crippen LogP) is 2.06. The Balaban J connectivity index is 1.70. The first-order chi connectivity index (χ1) is 13.4. The van der Waals surface area contributed by atoms with Crippen LogP contribution in [-0.4, -0.2) is 58.9 Å². The van der Waals surface area contributed by atoms with Crippen molar-refractivity contribution >= 4 is 6.03 Å². The number of ether oxygens (including phenoxy) is 1. The molecule has 3 rings (SSSR count). The maximum absolute atomic E-state index is 14.4. The molecule has 0 unspecified atom stereocenters. The topological polar surface area (TPSA) is 71.4 Å². The zero-order chi connectivity index (χ0) is 20.1. The van der Waals surface area contributed by atoms with E-state index in [1.165, 1.54) is 6.07 Å². The fourth-order valence-corrected chi connectivity index (χ4v) is 3.41. The second kappa shape index (κ2) is 8.70. The number of aryl methyl sites for hydroxylation is 1. The minimum absolute atomic E-state index is 0.210. The Hall–Kier alpha value is -2.45. The number of benzene rings is 1. The van der Waals surface area contributed by atoms with Gasteiger partial charge in [0, 0.05) is 50.2 Å². The van der Waals surface area contributed by atoms with Gasteiger partial charge < -0.3 is 19.9 Å². The highest BCUT2D eigenvalue weighted by atomic mass is 19.1. The van der Waals surface area contributed by atoms with E-state index in [1.807, 2.05) is 7.05 Å². The SMILES string of the molecule is Cn1ccnc1[C@@H](NC(=O)NCC(C)(C)N1CCOCC1)c1ccccc1F. The zero-order valence-electron chi connectivity index (χ0n) is 16.6. The molecule has 152 valence electrons. The third kappa shape index (κ3) is 4.69. The van der Waals surface area contributed by atoms with Gasteiger partial charge >= 0.3 is 6.03 Å². The van der Waals surface area contributed by atoms with Crippen LogP contribution in [0, 0.1) is 5.82 Å². The summed E-state index contributed by atoms with van der Waals surface area (Å²) < 4.78 is 21.6. The lowest BCUT2D eigenvalue weighted by atomic mass is 10.0. The highest BCUT2D eigenvalue weighted by Crippen LogP contribution is 2.23. The summed E-state index contributed by atoms with van der Waals surface area (Å²) in [6.07, 6.45) is 3.40. The Bertz CT molecular complexity index is 801. The molecule has 1 atom stereocenters. The van der Waals surface area contributed by atoms with Gasteiger partial charge in [0.1, 0.15) is 17.7 Å². The van der Waals surface area contributed by atoms with Crippen LogP contribution in [-0.2, 0) is 11.8 Å². The summed E-state index contributed by atoms with van der Waals surface area (Å²) in [6, 6.07) is 5.36. The highest BCUT2D eigenvalue weighted by Gasteiger charge is 2.29. The molecule has 8 heteroatoms. The van der Waals surface area contributed by atoms with Gasteiger partial charge in [0.05, 0.1) is 13.2 Å². The number of rotatable bonds is 6. The van der Waals surface area contributed by atoms with Crippen molar-refractivity contribution in [2.24, 2.45) is 7.05 Å².